The Kier molecular flexibility index (Phi) is 4.96. The van der Waals surface area contributed by atoms with E-state index in [4.69, 9.17) is 4.74 Å². The van der Waals surface area contributed by atoms with Crippen LogP contribution < -0.4 is 0 Å². The number of nitrogens with zero attached hydrogens (tertiary/aromatic N) is 1. The van der Waals surface area contributed by atoms with Gasteiger partial charge in [-0.3, -0.25) is 9.59 Å². The normalized spacial score (nSPS) is 22.6. The van der Waals surface area contributed by atoms with Crippen LogP contribution in [-0.2, 0) is 26.9 Å². The number of rotatable bonds is 3. The van der Waals surface area contributed by atoms with Crippen molar-refractivity contribution in [2.75, 3.05) is 26.3 Å². The number of hydrogen-bond donors (Lipinski definition) is 1. The Morgan fingerprint density at radius 2 is 1.88 bits per heavy atom. The Labute approximate surface area is 148 Å². The van der Waals surface area contributed by atoms with E-state index in [-0.39, 0.29) is 18.7 Å². The standard InChI is InChI=1S/C18H20F3NO4/c19-18(20,21)13-4-2-1-3-12(13)9-15(23)22-10-14(16(24)25)17(11-22)5-7-26-8-6-17/h1-4,14H,5-11H2,(H,24,25). The van der Waals surface area contributed by atoms with Gasteiger partial charge in [-0.25, -0.2) is 0 Å². The number of carboxylic acid groups (broad SMARTS) is 1. The van der Waals surface area contributed by atoms with Gasteiger partial charge in [0, 0.05) is 31.7 Å². The van der Waals surface area contributed by atoms with E-state index in [1.165, 1.54) is 23.1 Å². The van der Waals surface area contributed by atoms with Crippen LogP contribution in [-0.4, -0.2) is 48.2 Å². The maximum atomic E-state index is 13.1. The summed E-state index contributed by atoms with van der Waals surface area (Å²) in [6.45, 7) is 1.15. The Bertz CT molecular complexity index is 698. The molecule has 0 bridgehead atoms. The lowest BCUT2D eigenvalue weighted by atomic mass is 9.72. The van der Waals surface area contributed by atoms with Crippen molar-refractivity contribution in [3.8, 4) is 0 Å². The second-order valence-corrected chi connectivity index (χ2v) is 6.97. The first-order chi connectivity index (χ1) is 12.2. The summed E-state index contributed by atoms with van der Waals surface area (Å²) < 4.78 is 44.6. The zero-order valence-corrected chi connectivity index (χ0v) is 14.1. The summed E-state index contributed by atoms with van der Waals surface area (Å²) in [7, 11) is 0. The highest BCUT2D eigenvalue weighted by Crippen LogP contribution is 2.44. The van der Waals surface area contributed by atoms with Gasteiger partial charge in [-0.05, 0) is 24.5 Å². The van der Waals surface area contributed by atoms with Crippen molar-refractivity contribution in [3.63, 3.8) is 0 Å². The summed E-state index contributed by atoms with van der Waals surface area (Å²) in [6, 6.07) is 4.98. The molecule has 0 radical (unpaired) electrons. The molecular weight excluding hydrogens is 351 g/mol. The third kappa shape index (κ3) is 3.56. The molecule has 1 atom stereocenters. The molecule has 1 N–H and O–H groups in total. The summed E-state index contributed by atoms with van der Waals surface area (Å²) in [5, 5.41) is 9.54. The maximum Gasteiger partial charge on any atom is 0.416 e. The molecule has 0 aromatic heterocycles. The first-order valence-corrected chi connectivity index (χ1v) is 8.46. The molecule has 0 aliphatic carbocycles. The molecule has 2 aliphatic rings. The first kappa shape index (κ1) is 18.7. The topological polar surface area (TPSA) is 66.8 Å². The molecule has 26 heavy (non-hydrogen) atoms. The van der Waals surface area contributed by atoms with Crippen LogP contribution >= 0.6 is 0 Å². The summed E-state index contributed by atoms with van der Waals surface area (Å²) in [4.78, 5) is 25.7. The monoisotopic (exact) mass is 371 g/mol. The molecule has 142 valence electrons. The average Bonchev–Trinajstić information content (AvgIpc) is 2.94. The number of carbonyl (C=O) groups excluding carboxylic acids is 1. The fourth-order valence-corrected chi connectivity index (χ4v) is 4.01. The summed E-state index contributed by atoms with van der Waals surface area (Å²) in [6.07, 6.45) is -3.86. The number of likely N-dealkylation sites (tertiary alicyclic amines) is 1. The van der Waals surface area contributed by atoms with Crippen LogP contribution in [0.15, 0.2) is 24.3 Å². The van der Waals surface area contributed by atoms with Crippen LogP contribution in [0.2, 0.25) is 0 Å². The number of alkyl halides is 3. The minimum absolute atomic E-state index is 0.0301. The van der Waals surface area contributed by atoms with Crippen LogP contribution in [0.25, 0.3) is 0 Å². The van der Waals surface area contributed by atoms with Gasteiger partial charge >= 0.3 is 12.1 Å². The van der Waals surface area contributed by atoms with Gasteiger partial charge in [0.2, 0.25) is 5.91 Å². The molecule has 1 spiro atoms. The lowest BCUT2D eigenvalue weighted by molar-refractivity contribution is -0.147. The lowest BCUT2D eigenvalue weighted by Crippen LogP contribution is -2.40. The summed E-state index contributed by atoms with van der Waals surface area (Å²) >= 11 is 0. The molecule has 2 aliphatic heterocycles. The number of carboxylic acids is 1. The van der Waals surface area contributed by atoms with Crippen molar-refractivity contribution in [2.24, 2.45) is 11.3 Å². The van der Waals surface area contributed by atoms with Gasteiger partial charge in [-0.2, -0.15) is 13.2 Å². The minimum atomic E-state index is -4.53. The van der Waals surface area contributed by atoms with E-state index in [9.17, 15) is 27.9 Å². The van der Waals surface area contributed by atoms with Crippen LogP contribution in [0.1, 0.15) is 24.0 Å². The van der Waals surface area contributed by atoms with Crippen molar-refractivity contribution in [3.05, 3.63) is 35.4 Å². The number of hydrogen-bond acceptors (Lipinski definition) is 3. The zero-order chi connectivity index (χ0) is 18.9. The average molecular weight is 371 g/mol. The molecule has 1 amide bonds. The van der Waals surface area contributed by atoms with Crippen molar-refractivity contribution < 1.29 is 32.6 Å². The largest absolute Gasteiger partial charge is 0.481 e. The van der Waals surface area contributed by atoms with Gasteiger partial charge in [-0.15, -0.1) is 0 Å². The number of ether oxygens (including phenoxy) is 1. The predicted octanol–water partition coefficient (Wildman–Crippen LogP) is 2.59. The number of halogens is 3. The van der Waals surface area contributed by atoms with Crippen LogP contribution in [0, 0.1) is 11.3 Å². The molecular formula is C18H20F3NO4. The third-order valence-electron chi connectivity index (χ3n) is 5.45. The number of benzene rings is 1. The van der Waals surface area contributed by atoms with E-state index in [1.54, 1.807) is 0 Å². The van der Waals surface area contributed by atoms with Crippen LogP contribution in [0.4, 0.5) is 13.2 Å². The van der Waals surface area contributed by atoms with E-state index < -0.39 is 41.4 Å². The zero-order valence-electron chi connectivity index (χ0n) is 14.1. The first-order valence-electron chi connectivity index (χ1n) is 8.46. The molecule has 5 nitrogen and oxygen atoms in total. The van der Waals surface area contributed by atoms with Gasteiger partial charge in [0.25, 0.3) is 0 Å². The van der Waals surface area contributed by atoms with Gasteiger partial charge in [-0.1, -0.05) is 18.2 Å². The molecule has 1 unspecified atom stereocenters. The maximum absolute atomic E-state index is 13.1. The molecule has 1 aromatic rings. The second kappa shape index (κ2) is 6.90. The Hall–Kier alpha value is -2.09. The fraction of sp³-hybridized carbons (Fsp3) is 0.556. The van der Waals surface area contributed by atoms with Gasteiger partial charge in [0.1, 0.15) is 0 Å². The molecule has 2 fully saturated rings. The Morgan fingerprint density at radius 3 is 2.50 bits per heavy atom. The number of aliphatic carboxylic acids is 1. The highest BCUT2D eigenvalue weighted by Gasteiger charge is 2.52. The van der Waals surface area contributed by atoms with E-state index in [2.05, 4.69) is 0 Å². The Balaban J connectivity index is 1.78. The molecule has 8 heteroatoms. The Morgan fingerprint density at radius 1 is 1.23 bits per heavy atom. The fourth-order valence-electron chi connectivity index (χ4n) is 4.01. The van der Waals surface area contributed by atoms with Crippen molar-refractivity contribution in [1.29, 1.82) is 0 Å². The summed E-state index contributed by atoms with van der Waals surface area (Å²) in [5.74, 6) is -2.16. The van der Waals surface area contributed by atoms with Crippen LogP contribution in [0.3, 0.4) is 0 Å². The highest BCUT2D eigenvalue weighted by molar-refractivity contribution is 5.81. The smallest absolute Gasteiger partial charge is 0.416 e. The third-order valence-corrected chi connectivity index (χ3v) is 5.45. The van der Waals surface area contributed by atoms with Crippen molar-refractivity contribution in [1.82, 2.24) is 4.90 Å². The van der Waals surface area contributed by atoms with Gasteiger partial charge in [0.05, 0.1) is 17.9 Å². The van der Waals surface area contributed by atoms with E-state index in [1.807, 2.05) is 0 Å². The number of amides is 1. The van der Waals surface area contributed by atoms with E-state index in [0.717, 1.165) is 6.07 Å². The molecule has 1 aromatic carbocycles. The van der Waals surface area contributed by atoms with Gasteiger partial charge in [0.15, 0.2) is 0 Å². The van der Waals surface area contributed by atoms with Crippen LogP contribution in [0.5, 0.6) is 0 Å². The SMILES string of the molecule is O=C(O)C1CN(C(=O)Cc2ccccc2C(F)(F)F)CC12CCOCC2. The molecule has 2 saturated heterocycles. The molecule has 0 saturated carbocycles. The van der Waals surface area contributed by atoms with Gasteiger partial charge < -0.3 is 14.7 Å². The highest BCUT2D eigenvalue weighted by atomic mass is 19.4. The quantitative estimate of drug-likeness (QED) is 0.887. The predicted molar refractivity (Wildman–Crippen MR) is 85.3 cm³/mol. The number of carbonyl (C=O) groups is 2. The summed E-state index contributed by atoms with van der Waals surface area (Å²) in [5.41, 5.74) is -1.48. The minimum Gasteiger partial charge on any atom is -0.481 e. The van der Waals surface area contributed by atoms with E-state index in [0.29, 0.717) is 26.1 Å². The lowest BCUT2D eigenvalue weighted by Gasteiger charge is -2.36. The second-order valence-electron chi connectivity index (χ2n) is 6.97. The molecule has 3 rings (SSSR count). The van der Waals surface area contributed by atoms with E-state index >= 15 is 0 Å². The van der Waals surface area contributed by atoms with Crippen molar-refractivity contribution >= 4 is 11.9 Å². The van der Waals surface area contributed by atoms with Crippen molar-refractivity contribution in [2.45, 2.75) is 25.4 Å². The molecule has 2 heterocycles.